The largest absolute Gasteiger partial charge is 0.481 e. The Balaban J connectivity index is 1.68. The number of benzene rings is 1. The Labute approximate surface area is 153 Å². The van der Waals surface area contributed by atoms with E-state index >= 15 is 0 Å². The van der Waals surface area contributed by atoms with E-state index in [1.807, 2.05) is 4.90 Å². The van der Waals surface area contributed by atoms with E-state index in [2.05, 4.69) is 5.32 Å². The van der Waals surface area contributed by atoms with Crippen molar-refractivity contribution in [1.29, 1.82) is 0 Å². The van der Waals surface area contributed by atoms with Crippen molar-refractivity contribution < 1.29 is 19.5 Å². The number of aliphatic carboxylic acids is 1. The van der Waals surface area contributed by atoms with Gasteiger partial charge in [-0.15, -0.1) is 0 Å². The van der Waals surface area contributed by atoms with Crippen molar-refractivity contribution in [3.05, 3.63) is 29.8 Å². The molecule has 1 aromatic carbocycles. The maximum Gasteiger partial charge on any atom is 0.307 e. The molecule has 140 valence electrons. The molecule has 0 aromatic heterocycles. The fourth-order valence-electron chi connectivity index (χ4n) is 3.98. The quantitative estimate of drug-likeness (QED) is 0.866. The second kappa shape index (κ2) is 8.34. The third-order valence-corrected chi connectivity index (χ3v) is 5.44. The number of rotatable bonds is 4. The van der Waals surface area contributed by atoms with Crippen LogP contribution in [0.5, 0.6) is 0 Å². The number of amides is 2. The topological polar surface area (TPSA) is 86.7 Å². The van der Waals surface area contributed by atoms with E-state index in [1.54, 1.807) is 24.3 Å². The first kappa shape index (κ1) is 18.4. The molecule has 1 aliphatic carbocycles. The molecule has 0 bridgehead atoms. The number of carbonyl (C=O) groups excluding carboxylic acids is 2. The number of piperidine rings is 1. The molecule has 2 aliphatic rings. The first-order valence-electron chi connectivity index (χ1n) is 9.49. The van der Waals surface area contributed by atoms with Crippen LogP contribution in [0.25, 0.3) is 0 Å². The highest BCUT2D eigenvalue weighted by atomic mass is 16.4. The molecule has 26 heavy (non-hydrogen) atoms. The van der Waals surface area contributed by atoms with Crippen LogP contribution in [0.15, 0.2) is 24.3 Å². The highest BCUT2D eigenvalue weighted by Crippen LogP contribution is 2.31. The number of carbonyl (C=O) groups is 3. The minimum Gasteiger partial charge on any atom is -0.481 e. The van der Waals surface area contributed by atoms with Crippen LogP contribution in [0, 0.1) is 11.8 Å². The Hall–Kier alpha value is -2.37. The molecule has 1 heterocycles. The lowest BCUT2D eigenvalue weighted by atomic mass is 9.78. The van der Waals surface area contributed by atoms with E-state index in [0.29, 0.717) is 24.1 Å². The van der Waals surface area contributed by atoms with Crippen LogP contribution in [-0.4, -0.2) is 40.9 Å². The lowest BCUT2D eigenvalue weighted by Gasteiger charge is -2.28. The van der Waals surface area contributed by atoms with Crippen LogP contribution in [0.1, 0.15) is 55.3 Å². The molecule has 0 unspecified atom stereocenters. The zero-order valence-electron chi connectivity index (χ0n) is 14.9. The molecule has 6 nitrogen and oxygen atoms in total. The van der Waals surface area contributed by atoms with Crippen LogP contribution in [0.4, 0.5) is 5.69 Å². The number of carboxylic acids is 1. The molecule has 2 fully saturated rings. The van der Waals surface area contributed by atoms with E-state index in [-0.39, 0.29) is 11.8 Å². The van der Waals surface area contributed by atoms with Gasteiger partial charge in [0.15, 0.2) is 0 Å². The summed E-state index contributed by atoms with van der Waals surface area (Å²) in [6.45, 7) is 1.55. The summed E-state index contributed by atoms with van der Waals surface area (Å²) in [6, 6.07) is 6.94. The number of nitrogens with zero attached hydrogens (tertiary/aromatic N) is 1. The smallest absolute Gasteiger partial charge is 0.307 e. The van der Waals surface area contributed by atoms with Gasteiger partial charge < -0.3 is 15.3 Å². The number of likely N-dealkylation sites (tertiary alicyclic amines) is 1. The number of hydrogen-bond donors (Lipinski definition) is 2. The van der Waals surface area contributed by atoms with E-state index in [0.717, 1.165) is 45.2 Å². The molecule has 0 spiro atoms. The van der Waals surface area contributed by atoms with Gasteiger partial charge in [-0.1, -0.05) is 18.9 Å². The molecule has 1 aromatic rings. The lowest BCUT2D eigenvalue weighted by molar-refractivity contribution is -0.147. The van der Waals surface area contributed by atoms with E-state index in [4.69, 9.17) is 0 Å². The first-order chi connectivity index (χ1) is 12.6. The SMILES string of the molecule is O=C(O)[C@@H]1CCCC[C@H]1C(=O)Nc1cccc(C(=O)N2CCCCC2)c1. The molecular formula is C20H26N2O4. The van der Waals surface area contributed by atoms with Crippen molar-refractivity contribution in [3.63, 3.8) is 0 Å². The average molecular weight is 358 g/mol. The molecular weight excluding hydrogens is 332 g/mol. The molecule has 6 heteroatoms. The van der Waals surface area contributed by atoms with Crippen molar-refractivity contribution in [2.45, 2.75) is 44.9 Å². The maximum atomic E-state index is 12.6. The fourth-order valence-corrected chi connectivity index (χ4v) is 3.98. The summed E-state index contributed by atoms with van der Waals surface area (Å²) in [7, 11) is 0. The minimum absolute atomic E-state index is 0.0122. The zero-order chi connectivity index (χ0) is 18.5. The maximum absolute atomic E-state index is 12.6. The number of anilines is 1. The van der Waals surface area contributed by atoms with Crippen molar-refractivity contribution in [1.82, 2.24) is 4.90 Å². The molecule has 1 saturated heterocycles. The summed E-state index contributed by atoms with van der Waals surface area (Å²) < 4.78 is 0. The van der Waals surface area contributed by atoms with Gasteiger partial charge in [0.05, 0.1) is 11.8 Å². The van der Waals surface area contributed by atoms with Gasteiger partial charge in [0, 0.05) is 24.3 Å². The number of nitrogens with one attached hydrogen (secondary N) is 1. The lowest BCUT2D eigenvalue weighted by Crippen LogP contribution is -2.36. The number of hydrogen-bond acceptors (Lipinski definition) is 3. The Morgan fingerprint density at radius 1 is 0.962 bits per heavy atom. The van der Waals surface area contributed by atoms with Gasteiger partial charge in [-0.25, -0.2) is 0 Å². The van der Waals surface area contributed by atoms with Crippen molar-refractivity contribution in [3.8, 4) is 0 Å². The van der Waals surface area contributed by atoms with Crippen LogP contribution in [-0.2, 0) is 9.59 Å². The highest BCUT2D eigenvalue weighted by Gasteiger charge is 2.35. The molecule has 2 N–H and O–H groups in total. The summed E-state index contributed by atoms with van der Waals surface area (Å²) in [4.78, 5) is 38.5. The normalized spacial score (nSPS) is 23.3. The van der Waals surface area contributed by atoms with Gasteiger partial charge in [-0.2, -0.15) is 0 Å². The second-order valence-electron chi connectivity index (χ2n) is 7.26. The monoisotopic (exact) mass is 358 g/mol. The first-order valence-corrected chi connectivity index (χ1v) is 9.49. The molecule has 1 aliphatic heterocycles. The van der Waals surface area contributed by atoms with Crippen molar-refractivity contribution in [2.24, 2.45) is 11.8 Å². The van der Waals surface area contributed by atoms with Gasteiger partial charge in [0.1, 0.15) is 0 Å². The second-order valence-corrected chi connectivity index (χ2v) is 7.26. The van der Waals surface area contributed by atoms with E-state index in [1.165, 1.54) is 0 Å². The average Bonchev–Trinajstić information content (AvgIpc) is 2.68. The standard InChI is InChI=1S/C20H26N2O4/c23-18(16-9-2-3-10-17(16)20(25)26)21-15-8-6-7-14(13-15)19(24)22-11-4-1-5-12-22/h6-8,13,16-17H,1-5,9-12H2,(H,21,23)(H,25,26)/t16-,17-/m1/s1. The minimum atomic E-state index is -0.904. The summed E-state index contributed by atoms with van der Waals surface area (Å²) in [5.74, 6) is -2.31. The summed E-state index contributed by atoms with van der Waals surface area (Å²) in [6.07, 6.45) is 6.07. The third kappa shape index (κ3) is 4.23. The summed E-state index contributed by atoms with van der Waals surface area (Å²) in [5.41, 5.74) is 1.11. The van der Waals surface area contributed by atoms with Crippen LogP contribution in [0.2, 0.25) is 0 Å². The van der Waals surface area contributed by atoms with Gasteiger partial charge >= 0.3 is 5.97 Å². The van der Waals surface area contributed by atoms with Crippen molar-refractivity contribution >= 4 is 23.5 Å². The Morgan fingerprint density at radius 2 is 1.65 bits per heavy atom. The van der Waals surface area contributed by atoms with E-state index in [9.17, 15) is 19.5 Å². The molecule has 3 rings (SSSR count). The predicted molar refractivity (Wildman–Crippen MR) is 97.9 cm³/mol. The Kier molecular flexibility index (Phi) is 5.91. The number of carboxylic acid groups (broad SMARTS) is 1. The third-order valence-electron chi connectivity index (χ3n) is 5.44. The van der Waals surface area contributed by atoms with Crippen LogP contribution >= 0.6 is 0 Å². The van der Waals surface area contributed by atoms with Crippen LogP contribution in [0.3, 0.4) is 0 Å². The molecule has 1 saturated carbocycles. The Morgan fingerprint density at radius 3 is 2.35 bits per heavy atom. The van der Waals surface area contributed by atoms with Gasteiger partial charge in [-0.05, 0) is 50.3 Å². The highest BCUT2D eigenvalue weighted by molar-refractivity contribution is 5.98. The fraction of sp³-hybridized carbons (Fsp3) is 0.550. The van der Waals surface area contributed by atoms with Gasteiger partial charge in [0.25, 0.3) is 5.91 Å². The van der Waals surface area contributed by atoms with Crippen LogP contribution < -0.4 is 5.32 Å². The van der Waals surface area contributed by atoms with Crippen molar-refractivity contribution in [2.75, 3.05) is 18.4 Å². The zero-order valence-corrected chi connectivity index (χ0v) is 14.9. The molecule has 2 amide bonds. The predicted octanol–water partition coefficient (Wildman–Crippen LogP) is 3.14. The van der Waals surface area contributed by atoms with Gasteiger partial charge in [-0.3, -0.25) is 14.4 Å². The molecule has 0 radical (unpaired) electrons. The summed E-state index contributed by atoms with van der Waals surface area (Å²) >= 11 is 0. The van der Waals surface area contributed by atoms with E-state index < -0.39 is 17.8 Å². The molecule has 2 atom stereocenters. The van der Waals surface area contributed by atoms with Gasteiger partial charge in [0.2, 0.25) is 5.91 Å². The Bertz CT molecular complexity index is 682. The summed E-state index contributed by atoms with van der Waals surface area (Å²) in [5, 5.41) is 12.2.